The normalized spacial score (nSPS) is 16.6. The largest absolute Gasteiger partial charge is 0.497 e. The average Bonchev–Trinajstić information content (AvgIpc) is 3.11. The molecule has 1 N–H and O–H groups in total. The van der Waals surface area contributed by atoms with Crippen molar-refractivity contribution < 1.29 is 9.84 Å². The Morgan fingerprint density at radius 1 is 1.00 bits per heavy atom. The molecule has 1 aliphatic heterocycles. The minimum atomic E-state index is -0.407. The van der Waals surface area contributed by atoms with Gasteiger partial charge in [-0.15, -0.1) is 0 Å². The van der Waals surface area contributed by atoms with Gasteiger partial charge < -0.3 is 19.3 Å². The number of ether oxygens (including phenoxy) is 1. The summed E-state index contributed by atoms with van der Waals surface area (Å²) in [5, 5.41) is 10.6. The number of anilines is 1. The van der Waals surface area contributed by atoms with Crippen LogP contribution in [0.3, 0.4) is 0 Å². The van der Waals surface area contributed by atoms with Gasteiger partial charge in [0, 0.05) is 38.4 Å². The lowest BCUT2D eigenvalue weighted by Crippen LogP contribution is -2.49. The molecule has 0 aliphatic carbocycles. The summed E-state index contributed by atoms with van der Waals surface area (Å²) in [7, 11) is 1.69. The van der Waals surface area contributed by atoms with Crippen LogP contribution in [0.15, 0.2) is 54.9 Å². The molecule has 1 aliphatic rings. The van der Waals surface area contributed by atoms with Gasteiger partial charge in [-0.1, -0.05) is 12.1 Å². The van der Waals surface area contributed by atoms with Crippen LogP contribution in [0.4, 0.5) is 5.69 Å². The van der Waals surface area contributed by atoms with Gasteiger partial charge in [-0.05, 0) is 36.4 Å². The first-order valence-electron chi connectivity index (χ1n) is 9.42. The summed E-state index contributed by atoms with van der Waals surface area (Å²) in [5.74, 6) is 0.882. The minimum Gasteiger partial charge on any atom is -0.497 e. The molecular weight excluding hydrogens is 340 g/mol. The van der Waals surface area contributed by atoms with Crippen LogP contribution in [-0.2, 0) is 6.54 Å². The summed E-state index contributed by atoms with van der Waals surface area (Å²) in [5.41, 5.74) is 3.26. The SMILES string of the molecule is COc1ccc(N2CCN(CC(O)Cn3cnc4ccccc43)CC2)cc1. The van der Waals surface area contributed by atoms with Crippen LogP contribution in [0.5, 0.6) is 5.75 Å². The van der Waals surface area contributed by atoms with Crippen molar-refractivity contribution in [1.82, 2.24) is 14.5 Å². The summed E-state index contributed by atoms with van der Waals surface area (Å²) in [6.45, 7) is 5.09. The monoisotopic (exact) mass is 366 g/mol. The summed E-state index contributed by atoms with van der Waals surface area (Å²) in [6.07, 6.45) is 1.41. The lowest BCUT2D eigenvalue weighted by Gasteiger charge is -2.37. The zero-order valence-electron chi connectivity index (χ0n) is 15.7. The highest BCUT2D eigenvalue weighted by molar-refractivity contribution is 5.74. The van der Waals surface area contributed by atoms with Crippen LogP contribution in [0, 0.1) is 0 Å². The van der Waals surface area contributed by atoms with Crippen molar-refractivity contribution >= 4 is 16.7 Å². The average molecular weight is 366 g/mol. The Hall–Kier alpha value is -2.57. The number of rotatable bonds is 6. The molecule has 1 saturated heterocycles. The van der Waals surface area contributed by atoms with E-state index in [1.807, 2.05) is 47.3 Å². The number of aromatic nitrogens is 2. The second-order valence-electron chi connectivity index (χ2n) is 7.03. The van der Waals surface area contributed by atoms with Gasteiger partial charge in [0.05, 0.1) is 37.1 Å². The molecule has 0 bridgehead atoms. The molecule has 0 radical (unpaired) electrons. The predicted octanol–water partition coefficient (Wildman–Crippen LogP) is 2.23. The fourth-order valence-electron chi connectivity index (χ4n) is 3.72. The highest BCUT2D eigenvalue weighted by Gasteiger charge is 2.20. The van der Waals surface area contributed by atoms with Crippen molar-refractivity contribution in [2.75, 3.05) is 44.7 Å². The Bertz CT molecular complexity index is 869. The number of aliphatic hydroxyl groups is 1. The van der Waals surface area contributed by atoms with Crippen molar-refractivity contribution in [3.05, 3.63) is 54.9 Å². The number of methoxy groups -OCH3 is 1. The van der Waals surface area contributed by atoms with Crippen molar-refractivity contribution in [1.29, 1.82) is 0 Å². The summed E-state index contributed by atoms with van der Waals surface area (Å²) in [6, 6.07) is 16.2. The van der Waals surface area contributed by atoms with E-state index in [9.17, 15) is 5.11 Å². The van der Waals surface area contributed by atoms with Crippen LogP contribution in [-0.4, -0.2) is 65.5 Å². The van der Waals surface area contributed by atoms with Crippen LogP contribution >= 0.6 is 0 Å². The predicted molar refractivity (Wildman–Crippen MR) is 107 cm³/mol. The van der Waals surface area contributed by atoms with Gasteiger partial charge in [0.1, 0.15) is 5.75 Å². The highest BCUT2D eigenvalue weighted by Crippen LogP contribution is 2.20. The smallest absolute Gasteiger partial charge is 0.119 e. The number of benzene rings is 2. The number of hydrogen-bond acceptors (Lipinski definition) is 5. The third kappa shape index (κ3) is 4.07. The second-order valence-corrected chi connectivity index (χ2v) is 7.03. The third-order valence-corrected chi connectivity index (χ3v) is 5.21. The molecule has 2 heterocycles. The molecule has 1 unspecified atom stereocenters. The van der Waals surface area contributed by atoms with Gasteiger partial charge >= 0.3 is 0 Å². The second kappa shape index (κ2) is 7.98. The maximum absolute atomic E-state index is 10.6. The van der Waals surface area contributed by atoms with E-state index in [0.29, 0.717) is 13.1 Å². The fraction of sp³-hybridized carbons (Fsp3) is 0.381. The molecule has 3 aromatic rings. The maximum Gasteiger partial charge on any atom is 0.119 e. The quantitative estimate of drug-likeness (QED) is 0.725. The molecule has 6 heteroatoms. The number of β-amino-alcohol motifs (C(OH)–C–C–N with tert-alkyl or cyclic N) is 1. The van der Waals surface area contributed by atoms with Crippen LogP contribution in [0.2, 0.25) is 0 Å². The van der Waals surface area contributed by atoms with Gasteiger partial charge in [-0.25, -0.2) is 4.98 Å². The Morgan fingerprint density at radius 2 is 1.74 bits per heavy atom. The molecular formula is C21H26N4O2. The number of imidazole rings is 1. The minimum absolute atomic E-state index is 0.407. The van der Waals surface area contributed by atoms with E-state index in [4.69, 9.17) is 4.74 Å². The van der Waals surface area contributed by atoms with Crippen molar-refractivity contribution in [2.45, 2.75) is 12.6 Å². The van der Waals surface area contributed by atoms with Crippen LogP contribution < -0.4 is 9.64 Å². The van der Waals surface area contributed by atoms with Crippen LogP contribution in [0.25, 0.3) is 11.0 Å². The molecule has 1 aromatic heterocycles. The summed E-state index contributed by atoms with van der Waals surface area (Å²) >= 11 is 0. The van der Waals surface area contributed by atoms with Gasteiger partial charge in [0.15, 0.2) is 0 Å². The Balaban J connectivity index is 1.29. The number of nitrogens with zero attached hydrogens (tertiary/aromatic N) is 4. The topological polar surface area (TPSA) is 53.8 Å². The summed E-state index contributed by atoms with van der Waals surface area (Å²) in [4.78, 5) is 9.11. The maximum atomic E-state index is 10.6. The van der Waals surface area contributed by atoms with Gasteiger partial charge in [-0.2, -0.15) is 0 Å². The summed E-state index contributed by atoms with van der Waals surface area (Å²) < 4.78 is 7.26. The van der Waals surface area contributed by atoms with Gasteiger partial charge in [0.25, 0.3) is 0 Å². The Labute approximate surface area is 159 Å². The lowest BCUT2D eigenvalue weighted by molar-refractivity contribution is 0.0959. The van der Waals surface area contributed by atoms with E-state index in [0.717, 1.165) is 43.0 Å². The van der Waals surface area contributed by atoms with Gasteiger partial charge in [-0.3, -0.25) is 4.90 Å². The highest BCUT2D eigenvalue weighted by atomic mass is 16.5. The number of para-hydroxylation sites is 2. The lowest BCUT2D eigenvalue weighted by atomic mass is 10.2. The zero-order chi connectivity index (χ0) is 18.6. The molecule has 1 fully saturated rings. The van der Waals surface area contributed by atoms with E-state index in [1.165, 1.54) is 5.69 Å². The van der Waals surface area contributed by atoms with E-state index in [-0.39, 0.29) is 0 Å². The van der Waals surface area contributed by atoms with E-state index >= 15 is 0 Å². The van der Waals surface area contributed by atoms with Crippen LogP contribution in [0.1, 0.15) is 0 Å². The van der Waals surface area contributed by atoms with Crippen molar-refractivity contribution in [3.8, 4) is 5.75 Å². The van der Waals surface area contributed by atoms with E-state index < -0.39 is 6.10 Å². The van der Waals surface area contributed by atoms with Gasteiger partial charge in [0.2, 0.25) is 0 Å². The van der Waals surface area contributed by atoms with E-state index in [1.54, 1.807) is 7.11 Å². The fourth-order valence-corrected chi connectivity index (χ4v) is 3.72. The molecule has 1 atom stereocenters. The molecule has 0 spiro atoms. The first-order chi connectivity index (χ1) is 13.2. The Kier molecular flexibility index (Phi) is 5.27. The molecule has 0 saturated carbocycles. The van der Waals surface area contributed by atoms with E-state index in [2.05, 4.69) is 26.9 Å². The molecule has 142 valence electrons. The number of piperazine rings is 1. The first kappa shape index (κ1) is 17.8. The molecule has 6 nitrogen and oxygen atoms in total. The number of aliphatic hydroxyl groups excluding tert-OH is 1. The van der Waals surface area contributed by atoms with Crippen molar-refractivity contribution in [2.24, 2.45) is 0 Å². The molecule has 27 heavy (non-hydrogen) atoms. The number of hydrogen-bond donors (Lipinski definition) is 1. The molecule has 0 amide bonds. The first-order valence-corrected chi connectivity index (χ1v) is 9.42. The standard InChI is InChI=1S/C21H26N4O2/c1-27-19-8-6-17(7-9-19)24-12-10-23(11-13-24)14-18(26)15-25-16-22-20-4-2-3-5-21(20)25/h2-9,16,18,26H,10-15H2,1H3. The Morgan fingerprint density at radius 3 is 2.48 bits per heavy atom. The molecule has 2 aromatic carbocycles. The molecule has 4 rings (SSSR count). The number of fused-ring (bicyclic) bond motifs is 1. The van der Waals surface area contributed by atoms with Crippen molar-refractivity contribution in [3.63, 3.8) is 0 Å². The zero-order valence-corrected chi connectivity index (χ0v) is 15.7. The third-order valence-electron chi connectivity index (χ3n) is 5.21.